The molecule has 78 valence electrons. The van der Waals surface area contributed by atoms with E-state index in [0.717, 1.165) is 18.4 Å². The Bertz CT molecular complexity index is 287. The summed E-state index contributed by atoms with van der Waals surface area (Å²) in [6.45, 7) is 6.15. The van der Waals surface area contributed by atoms with E-state index in [2.05, 4.69) is 6.92 Å². The van der Waals surface area contributed by atoms with E-state index in [1.54, 1.807) is 12.1 Å². The molecule has 1 aliphatic rings. The topological polar surface area (TPSA) is 0 Å². The molecule has 1 saturated carbocycles. The maximum Gasteiger partial charge on any atom is 0.126 e. The van der Waals surface area contributed by atoms with Crippen LogP contribution in [0.5, 0.6) is 0 Å². The first-order valence-corrected chi connectivity index (χ1v) is 5.47. The molecule has 0 saturated heterocycles. The fourth-order valence-electron chi connectivity index (χ4n) is 1.93. The van der Waals surface area contributed by atoms with E-state index in [9.17, 15) is 4.39 Å². The predicted octanol–water partition coefficient (Wildman–Crippen LogP) is 4.29. The first kappa shape index (κ1) is 11.2. The predicted molar refractivity (Wildman–Crippen MR) is 59.0 cm³/mol. The number of rotatable bonds is 1. The van der Waals surface area contributed by atoms with Crippen LogP contribution in [0.2, 0.25) is 0 Å². The Morgan fingerprint density at radius 1 is 1.14 bits per heavy atom. The quantitative estimate of drug-likeness (QED) is 0.625. The van der Waals surface area contributed by atoms with Crippen molar-refractivity contribution in [3.8, 4) is 0 Å². The second kappa shape index (κ2) is 4.59. The second-order valence-corrected chi connectivity index (χ2v) is 3.89. The van der Waals surface area contributed by atoms with Crippen LogP contribution in [-0.2, 0) is 5.41 Å². The van der Waals surface area contributed by atoms with Crippen LogP contribution in [0.25, 0.3) is 0 Å². The van der Waals surface area contributed by atoms with Crippen molar-refractivity contribution in [2.75, 3.05) is 0 Å². The maximum absolute atomic E-state index is 13.3. The molecule has 0 radical (unpaired) electrons. The molecule has 0 aliphatic heterocycles. The van der Waals surface area contributed by atoms with Crippen LogP contribution < -0.4 is 0 Å². The number of hydrogen-bond acceptors (Lipinski definition) is 0. The van der Waals surface area contributed by atoms with Crippen molar-refractivity contribution in [2.45, 2.75) is 45.4 Å². The van der Waals surface area contributed by atoms with Crippen LogP contribution in [0.15, 0.2) is 24.3 Å². The van der Waals surface area contributed by atoms with Gasteiger partial charge in [0.25, 0.3) is 0 Å². The molecule has 0 amide bonds. The fourth-order valence-corrected chi connectivity index (χ4v) is 1.93. The van der Waals surface area contributed by atoms with E-state index in [1.807, 2.05) is 26.0 Å². The van der Waals surface area contributed by atoms with Crippen molar-refractivity contribution in [1.29, 1.82) is 0 Å². The van der Waals surface area contributed by atoms with Gasteiger partial charge in [0.05, 0.1) is 0 Å². The molecule has 0 unspecified atom stereocenters. The molecule has 1 aliphatic carbocycles. The molecular formula is C13H19F. The van der Waals surface area contributed by atoms with Gasteiger partial charge < -0.3 is 0 Å². The number of hydrogen-bond donors (Lipinski definition) is 0. The number of benzene rings is 1. The molecular weight excluding hydrogens is 175 g/mol. The standard InChI is InChI=1S/C11H13F.C2H6/c1-11(7-4-8-11)9-5-2-3-6-10(9)12;1-2/h2-3,5-6H,4,7-8H2,1H3;1-2H3. The van der Waals surface area contributed by atoms with Crippen LogP contribution in [-0.4, -0.2) is 0 Å². The van der Waals surface area contributed by atoms with Gasteiger partial charge in [0.1, 0.15) is 5.82 Å². The van der Waals surface area contributed by atoms with Gasteiger partial charge >= 0.3 is 0 Å². The Hall–Kier alpha value is -0.850. The SMILES string of the molecule is CC.CC1(c2ccccc2F)CCC1. The molecule has 0 N–H and O–H groups in total. The minimum absolute atomic E-state index is 0.0419. The third kappa shape index (κ3) is 1.97. The third-order valence-corrected chi connectivity index (χ3v) is 2.98. The van der Waals surface area contributed by atoms with E-state index in [-0.39, 0.29) is 11.2 Å². The lowest BCUT2D eigenvalue weighted by atomic mass is 9.66. The average Bonchev–Trinajstić information content (AvgIpc) is 2.18. The molecule has 2 rings (SSSR count). The van der Waals surface area contributed by atoms with Crippen LogP contribution >= 0.6 is 0 Å². The summed E-state index contributed by atoms with van der Waals surface area (Å²) < 4.78 is 13.3. The summed E-state index contributed by atoms with van der Waals surface area (Å²) in [6, 6.07) is 7.14. The van der Waals surface area contributed by atoms with Crippen molar-refractivity contribution >= 4 is 0 Å². The molecule has 1 heteroatoms. The summed E-state index contributed by atoms with van der Waals surface area (Å²) in [5.41, 5.74) is 1.03. The zero-order valence-electron chi connectivity index (χ0n) is 9.31. The van der Waals surface area contributed by atoms with Crippen molar-refractivity contribution in [3.05, 3.63) is 35.6 Å². The molecule has 0 bridgehead atoms. The lowest BCUT2D eigenvalue weighted by Crippen LogP contribution is -2.31. The Labute approximate surface area is 86.2 Å². The van der Waals surface area contributed by atoms with Gasteiger partial charge in [-0.2, -0.15) is 0 Å². The highest BCUT2D eigenvalue weighted by Crippen LogP contribution is 2.43. The Kier molecular flexibility index (Phi) is 3.68. The summed E-state index contributed by atoms with van der Waals surface area (Å²) in [6.07, 6.45) is 3.51. The van der Waals surface area contributed by atoms with Gasteiger partial charge in [0.2, 0.25) is 0 Å². The molecule has 0 spiro atoms. The van der Waals surface area contributed by atoms with Gasteiger partial charge in [0, 0.05) is 0 Å². The average molecular weight is 194 g/mol. The van der Waals surface area contributed by atoms with Gasteiger partial charge in [-0.05, 0) is 29.9 Å². The Morgan fingerprint density at radius 2 is 1.71 bits per heavy atom. The van der Waals surface area contributed by atoms with E-state index in [0.29, 0.717) is 0 Å². The largest absolute Gasteiger partial charge is 0.207 e. The van der Waals surface area contributed by atoms with Gasteiger partial charge in [-0.15, -0.1) is 0 Å². The normalized spacial score (nSPS) is 17.7. The lowest BCUT2D eigenvalue weighted by molar-refractivity contribution is 0.263. The van der Waals surface area contributed by atoms with E-state index >= 15 is 0 Å². The molecule has 14 heavy (non-hydrogen) atoms. The molecule has 1 aromatic carbocycles. The summed E-state index contributed by atoms with van der Waals surface area (Å²) in [5.74, 6) is -0.0419. The summed E-state index contributed by atoms with van der Waals surface area (Å²) >= 11 is 0. The Morgan fingerprint density at radius 3 is 2.14 bits per heavy atom. The summed E-state index contributed by atoms with van der Waals surface area (Å²) in [7, 11) is 0. The number of halogens is 1. The zero-order valence-corrected chi connectivity index (χ0v) is 9.31. The molecule has 0 aromatic heterocycles. The third-order valence-electron chi connectivity index (χ3n) is 2.98. The van der Waals surface area contributed by atoms with Crippen LogP contribution in [0, 0.1) is 5.82 Å². The zero-order chi connectivity index (χ0) is 10.6. The van der Waals surface area contributed by atoms with Crippen LogP contribution in [0.4, 0.5) is 4.39 Å². The van der Waals surface area contributed by atoms with Crippen LogP contribution in [0.3, 0.4) is 0 Å². The lowest BCUT2D eigenvalue weighted by Gasteiger charge is -2.39. The highest BCUT2D eigenvalue weighted by atomic mass is 19.1. The van der Waals surface area contributed by atoms with Gasteiger partial charge in [-0.25, -0.2) is 4.39 Å². The van der Waals surface area contributed by atoms with Crippen molar-refractivity contribution in [2.24, 2.45) is 0 Å². The minimum Gasteiger partial charge on any atom is -0.207 e. The van der Waals surface area contributed by atoms with Crippen LogP contribution in [0.1, 0.15) is 45.6 Å². The minimum atomic E-state index is -0.0419. The maximum atomic E-state index is 13.3. The highest BCUT2D eigenvalue weighted by Gasteiger charge is 2.35. The molecule has 0 heterocycles. The first-order valence-electron chi connectivity index (χ1n) is 5.47. The van der Waals surface area contributed by atoms with E-state index in [1.165, 1.54) is 6.42 Å². The highest BCUT2D eigenvalue weighted by molar-refractivity contribution is 5.28. The summed E-state index contributed by atoms with van der Waals surface area (Å²) in [5, 5.41) is 0. The molecule has 0 atom stereocenters. The van der Waals surface area contributed by atoms with Crippen molar-refractivity contribution < 1.29 is 4.39 Å². The molecule has 1 aromatic rings. The van der Waals surface area contributed by atoms with E-state index in [4.69, 9.17) is 0 Å². The smallest absolute Gasteiger partial charge is 0.126 e. The Balaban J connectivity index is 0.000000461. The van der Waals surface area contributed by atoms with Gasteiger partial charge in [-0.3, -0.25) is 0 Å². The second-order valence-electron chi connectivity index (χ2n) is 3.89. The summed E-state index contributed by atoms with van der Waals surface area (Å²) in [4.78, 5) is 0. The fraction of sp³-hybridized carbons (Fsp3) is 0.538. The van der Waals surface area contributed by atoms with E-state index < -0.39 is 0 Å². The monoisotopic (exact) mass is 194 g/mol. The van der Waals surface area contributed by atoms with Crippen molar-refractivity contribution in [3.63, 3.8) is 0 Å². The van der Waals surface area contributed by atoms with Gasteiger partial charge in [0.15, 0.2) is 0 Å². The first-order chi connectivity index (χ1) is 6.72. The molecule has 1 fully saturated rings. The van der Waals surface area contributed by atoms with Gasteiger partial charge in [-0.1, -0.05) is 45.4 Å². The van der Waals surface area contributed by atoms with Crippen molar-refractivity contribution in [1.82, 2.24) is 0 Å². The molecule has 0 nitrogen and oxygen atoms in total.